The van der Waals surface area contributed by atoms with Crippen molar-refractivity contribution in [2.75, 3.05) is 18.9 Å². The van der Waals surface area contributed by atoms with Gasteiger partial charge < -0.3 is 10.2 Å². The second-order valence-corrected chi connectivity index (χ2v) is 3.91. The number of H-pyrrole nitrogens is 1. The van der Waals surface area contributed by atoms with Crippen LogP contribution in [0.3, 0.4) is 0 Å². The summed E-state index contributed by atoms with van der Waals surface area (Å²) in [6.45, 7) is -0.0611. The predicted molar refractivity (Wildman–Crippen MR) is 68.4 cm³/mol. The molecule has 2 N–H and O–H groups in total. The summed E-state index contributed by atoms with van der Waals surface area (Å²) >= 11 is 0. The highest BCUT2D eigenvalue weighted by Crippen LogP contribution is 2.05. The first-order chi connectivity index (χ1) is 9.16. The summed E-state index contributed by atoms with van der Waals surface area (Å²) in [5.74, 6) is -0.558. The molecule has 19 heavy (non-hydrogen) atoms. The Kier molecular flexibility index (Phi) is 3.87. The number of anilines is 1. The number of para-hydroxylation sites is 1. The molecule has 0 saturated carbocycles. The molecule has 2 aromatic rings. The summed E-state index contributed by atoms with van der Waals surface area (Å²) in [6.07, 6.45) is 1.24. The molecule has 2 rings (SSSR count). The third-order valence-electron chi connectivity index (χ3n) is 2.40. The van der Waals surface area contributed by atoms with Gasteiger partial charge in [-0.15, -0.1) is 0 Å². The van der Waals surface area contributed by atoms with E-state index >= 15 is 0 Å². The summed E-state index contributed by atoms with van der Waals surface area (Å²) in [7, 11) is 1.52. The second-order valence-electron chi connectivity index (χ2n) is 3.91. The minimum Gasteiger partial charge on any atom is -0.330 e. The van der Waals surface area contributed by atoms with Crippen molar-refractivity contribution in [3.05, 3.63) is 42.5 Å². The Balaban J connectivity index is 1.90. The lowest BCUT2D eigenvalue weighted by Crippen LogP contribution is -2.35. The fourth-order valence-electron chi connectivity index (χ4n) is 1.50. The third kappa shape index (κ3) is 3.38. The Bertz CT molecular complexity index is 553. The average molecular weight is 259 g/mol. The topological polar surface area (TPSA) is 91.0 Å². The quantitative estimate of drug-likeness (QED) is 0.837. The van der Waals surface area contributed by atoms with Crippen LogP contribution in [0.5, 0.6) is 0 Å². The van der Waals surface area contributed by atoms with E-state index in [0.29, 0.717) is 5.69 Å². The molecule has 1 aromatic heterocycles. The van der Waals surface area contributed by atoms with Crippen LogP contribution in [0, 0.1) is 0 Å². The van der Waals surface area contributed by atoms with E-state index in [4.69, 9.17) is 0 Å². The summed E-state index contributed by atoms with van der Waals surface area (Å²) in [4.78, 5) is 28.6. The highest BCUT2D eigenvalue weighted by molar-refractivity contribution is 5.97. The van der Waals surface area contributed by atoms with E-state index in [2.05, 4.69) is 20.5 Å². The van der Waals surface area contributed by atoms with Gasteiger partial charge in [0.05, 0.1) is 6.54 Å². The average Bonchev–Trinajstić information content (AvgIpc) is 2.92. The summed E-state index contributed by atoms with van der Waals surface area (Å²) < 4.78 is 0. The predicted octanol–water partition coefficient (Wildman–Crippen LogP) is 0.515. The molecule has 0 aliphatic rings. The summed E-state index contributed by atoms with van der Waals surface area (Å²) in [5, 5.41) is 8.74. The Morgan fingerprint density at radius 2 is 2.05 bits per heavy atom. The zero-order valence-electron chi connectivity index (χ0n) is 10.3. The van der Waals surface area contributed by atoms with Crippen molar-refractivity contribution in [1.29, 1.82) is 0 Å². The van der Waals surface area contributed by atoms with Gasteiger partial charge in [-0.25, -0.2) is 4.98 Å². The summed E-state index contributed by atoms with van der Waals surface area (Å²) in [6, 6.07) is 9.04. The van der Waals surface area contributed by atoms with E-state index in [1.807, 2.05) is 18.2 Å². The molecule has 0 radical (unpaired) electrons. The SMILES string of the molecule is CN(CC(=O)Nc1ccccc1)C(=O)c1ncn[nH]1. The molecule has 0 aliphatic heterocycles. The number of rotatable bonds is 4. The maximum Gasteiger partial charge on any atom is 0.291 e. The molecule has 98 valence electrons. The smallest absolute Gasteiger partial charge is 0.291 e. The summed E-state index contributed by atoms with van der Waals surface area (Å²) in [5.41, 5.74) is 0.688. The number of hydrogen-bond acceptors (Lipinski definition) is 4. The Morgan fingerprint density at radius 1 is 1.32 bits per heavy atom. The highest BCUT2D eigenvalue weighted by Gasteiger charge is 2.17. The van der Waals surface area contributed by atoms with Crippen molar-refractivity contribution in [1.82, 2.24) is 20.1 Å². The molecule has 1 aromatic carbocycles. The zero-order chi connectivity index (χ0) is 13.7. The van der Waals surface area contributed by atoms with Crippen molar-refractivity contribution in [3.63, 3.8) is 0 Å². The minimum absolute atomic E-state index is 0.0611. The molecule has 7 nitrogen and oxygen atoms in total. The van der Waals surface area contributed by atoms with Crippen LogP contribution in [-0.4, -0.2) is 45.5 Å². The number of carbonyl (C=O) groups is 2. The van der Waals surface area contributed by atoms with E-state index in [-0.39, 0.29) is 24.2 Å². The van der Waals surface area contributed by atoms with Crippen molar-refractivity contribution in [2.45, 2.75) is 0 Å². The van der Waals surface area contributed by atoms with Crippen LogP contribution < -0.4 is 5.32 Å². The van der Waals surface area contributed by atoms with Gasteiger partial charge in [0.15, 0.2) is 0 Å². The highest BCUT2D eigenvalue weighted by atomic mass is 16.2. The first-order valence-corrected chi connectivity index (χ1v) is 5.62. The monoisotopic (exact) mass is 259 g/mol. The van der Waals surface area contributed by atoms with Gasteiger partial charge in [-0.2, -0.15) is 5.10 Å². The van der Waals surface area contributed by atoms with Crippen molar-refractivity contribution < 1.29 is 9.59 Å². The number of aromatic nitrogens is 3. The maximum absolute atomic E-state index is 11.8. The number of carbonyl (C=O) groups excluding carboxylic acids is 2. The van der Waals surface area contributed by atoms with Crippen LogP contribution in [0.15, 0.2) is 36.7 Å². The third-order valence-corrected chi connectivity index (χ3v) is 2.40. The van der Waals surface area contributed by atoms with E-state index in [1.165, 1.54) is 18.3 Å². The van der Waals surface area contributed by atoms with Gasteiger partial charge in [-0.3, -0.25) is 14.7 Å². The van der Waals surface area contributed by atoms with Crippen molar-refractivity contribution in [3.8, 4) is 0 Å². The maximum atomic E-state index is 11.8. The number of hydrogen-bond donors (Lipinski definition) is 2. The number of benzene rings is 1. The number of aromatic amines is 1. The van der Waals surface area contributed by atoms with Crippen molar-refractivity contribution >= 4 is 17.5 Å². The zero-order valence-corrected chi connectivity index (χ0v) is 10.3. The number of nitrogens with zero attached hydrogens (tertiary/aromatic N) is 3. The number of likely N-dealkylation sites (N-methyl/N-ethyl adjacent to an activating group) is 1. The molecular weight excluding hydrogens is 246 g/mol. The fourth-order valence-corrected chi connectivity index (χ4v) is 1.50. The van der Waals surface area contributed by atoms with Gasteiger partial charge in [0.2, 0.25) is 11.7 Å². The van der Waals surface area contributed by atoms with Crippen molar-refractivity contribution in [2.24, 2.45) is 0 Å². The molecule has 2 amide bonds. The van der Waals surface area contributed by atoms with Crippen LogP contribution in [0.2, 0.25) is 0 Å². The normalized spacial score (nSPS) is 9.95. The minimum atomic E-state index is -0.388. The standard InChI is InChI=1S/C12H13N5O2/c1-17(12(19)11-13-8-14-16-11)7-10(18)15-9-5-3-2-4-6-9/h2-6,8H,7H2,1H3,(H,15,18)(H,13,14,16). The molecule has 0 spiro atoms. The lowest BCUT2D eigenvalue weighted by Gasteiger charge is -2.15. The first-order valence-electron chi connectivity index (χ1n) is 5.62. The first kappa shape index (κ1) is 12.7. The molecule has 7 heteroatoms. The van der Waals surface area contributed by atoms with Crippen LogP contribution in [0.1, 0.15) is 10.6 Å². The molecule has 0 unspecified atom stereocenters. The molecule has 0 bridgehead atoms. The van der Waals surface area contributed by atoms with Gasteiger partial charge in [0, 0.05) is 12.7 Å². The van der Waals surface area contributed by atoms with Crippen LogP contribution in [0.4, 0.5) is 5.69 Å². The van der Waals surface area contributed by atoms with E-state index in [0.717, 1.165) is 0 Å². The Morgan fingerprint density at radius 3 is 2.68 bits per heavy atom. The molecule has 1 heterocycles. The van der Waals surface area contributed by atoms with E-state index < -0.39 is 0 Å². The number of amides is 2. The Hall–Kier alpha value is -2.70. The lowest BCUT2D eigenvalue weighted by atomic mass is 10.3. The molecule has 0 aliphatic carbocycles. The molecular formula is C12H13N5O2. The second kappa shape index (κ2) is 5.76. The van der Waals surface area contributed by atoms with Gasteiger partial charge in [-0.1, -0.05) is 18.2 Å². The van der Waals surface area contributed by atoms with Gasteiger partial charge >= 0.3 is 0 Å². The van der Waals surface area contributed by atoms with E-state index in [1.54, 1.807) is 12.1 Å². The van der Waals surface area contributed by atoms with Gasteiger partial charge in [0.25, 0.3) is 5.91 Å². The Labute approximate surface area is 109 Å². The lowest BCUT2D eigenvalue weighted by molar-refractivity contribution is -0.116. The van der Waals surface area contributed by atoms with Crippen LogP contribution >= 0.6 is 0 Å². The largest absolute Gasteiger partial charge is 0.330 e. The molecule has 0 atom stereocenters. The molecule has 0 saturated heterocycles. The fraction of sp³-hybridized carbons (Fsp3) is 0.167. The van der Waals surface area contributed by atoms with Gasteiger partial charge in [0.1, 0.15) is 6.33 Å². The molecule has 0 fully saturated rings. The van der Waals surface area contributed by atoms with Gasteiger partial charge in [-0.05, 0) is 12.1 Å². The number of nitrogens with one attached hydrogen (secondary N) is 2. The van der Waals surface area contributed by atoms with E-state index in [9.17, 15) is 9.59 Å². The van der Waals surface area contributed by atoms with Crippen LogP contribution in [-0.2, 0) is 4.79 Å². The van der Waals surface area contributed by atoms with Crippen LogP contribution in [0.25, 0.3) is 0 Å².